The zero-order valence-electron chi connectivity index (χ0n) is 10.5. The Hall–Kier alpha value is -2.40. The second kappa shape index (κ2) is 4.61. The predicted molar refractivity (Wildman–Crippen MR) is 75.1 cm³/mol. The Morgan fingerprint density at radius 1 is 1.30 bits per heavy atom. The van der Waals surface area contributed by atoms with E-state index in [-0.39, 0.29) is 10.8 Å². The van der Waals surface area contributed by atoms with Crippen molar-refractivity contribution in [3.63, 3.8) is 0 Å². The first-order valence-electron chi connectivity index (χ1n) is 5.91. The highest BCUT2D eigenvalue weighted by Gasteiger charge is 2.13. The first kappa shape index (κ1) is 12.6. The Labute approximate surface area is 119 Å². The molecule has 0 saturated heterocycles. The predicted octanol–water partition coefficient (Wildman–Crippen LogP) is 3.06. The fourth-order valence-electron chi connectivity index (χ4n) is 1.99. The molecule has 0 bridgehead atoms. The van der Waals surface area contributed by atoms with E-state index >= 15 is 0 Å². The highest BCUT2D eigenvalue weighted by atomic mass is 35.5. The number of nitrogens with zero attached hydrogens (tertiary/aromatic N) is 3. The van der Waals surface area contributed by atoms with Crippen LogP contribution in [-0.2, 0) is 0 Å². The van der Waals surface area contributed by atoms with Crippen molar-refractivity contribution in [1.29, 1.82) is 0 Å². The number of carbonyl (C=O) groups is 1. The van der Waals surface area contributed by atoms with Crippen LogP contribution in [0.3, 0.4) is 0 Å². The average Bonchev–Trinajstić information content (AvgIpc) is 2.83. The molecule has 6 heteroatoms. The van der Waals surface area contributed by atoms with Crippen LogP contribution in [0.25, 0.3) is 16.9 Å². The lowest BCUT2D eigenvalue weighted by Crippen LogP contribution is -2.03. The fraction of sp³-hybridized carbons (Fsp3) is 0.0714. The van der Waals surface area contributed by atoms with Gasteiger partial charge >= 0.3 is 5.97 Å². The monoisotopic (exact) mass is 287 g/mol. The average molecular weight is 288 g/mol. The minimum Gasteiger partial charge on any atom is -0.477 e. The van der Waals surface area contributed by atoms with Crippen LogP contribution in [0.15, 0.2) is 36.4 Å². The molecule has 2 heterocycles. The number of hydrogen-bond donors (Lipinski definition) is 1. The Balaban J connectivity index is 2.20. The SMILES string of the molecule is Cc1cccc(-c2cc3nc(C(=O)O)cc(Cl)n3n2)c1. The van der Waals surface area contributed by atoms with Crippen LogP contribution in [0.5, 0.6) is 0 Å². The molecule has 0 spiro atoms. The summed E-state index contributed by atoms with van der Waals surface area (Å²) < 4.78 is 1.42. The van der Waals surface area contributed by atoms with Crippen molar-refractivity contribution in [2.75, 3.05) is 0 Å². The smallest absolute Gasteiger partial charge is 0.354 e. The van der Waals surface area contributed by atoms with E-state index in [9.17, 15) is 4.79 Å². The molecule has 0 amide bonds. The molecule has 0 fully saturated rings. The number of rotatable bonds is 2. The van der Waals surface area contributed by atoms with Gasteiger partial charge in [-0.15, -0.1) is 0 Å². The van der Waals surface area contributed by atoms with Crippen LogP contribution in [0.2, 0.25) is 5.15 Å². The molecule has 0 aliphatic rings. The number of aryl methyl sites for hydroxylation is 1. The zero-order chi connectivity index (χ0) is 14.3. The van der Waals surface area contributed by atoms with E-state index in [1.54, 1.807) is 6.07 Å². The molecule has 0 atom stereocenters. The van der Waals surface area contributed by atoms with E-state index in [2.05, 4.69) is 10.1 Å². The van der Waals surface area contributed by atoms with Gasteiger partial charge in [-0.2, -0.15) is 5.10 Å². The van der Waals surface area contributed by atoms with Gasteiger partial charge in [-0.3, -0.25) is 0 Å². The third-order valence-electron chi connectivity index (χ3n) is 2.92. The summed E-state index contributed by atoms with van der Waals surface area (Å²) in [7, 11) is 0. The number of aromatic nitrogens is 3. The van der Waals surface area contributed by atoms with Crippen LogP contribution < -0.4 is 0 Å². The minimum absolute atomic E-state index is 0.0989. The van der Waals surface area contributed by atoms with Gasteiger partial charge in [0.1, 0.15) is 5.15 Å². The largest absolute Gasteiger partial charge is 0.477 e. The zero-order valence-corrected chi connectivity index (χ0v) is 11.3. The number of hydrogen-bond acceptors (Lipinski definition) is 3. The van der Waals surface area contributed by atoms with Crippen molar-refractivity contribution >= 4 is 23.2 Å². The number of benzene rings is 1. The summed E-state index contributed by atoms with van der Waals surface area (Å²) in [6.07, 6.45) is 0. The van der Waals surface area contributed by atoms with Crippen molar-refractivity contribution in [1.82, 2.24) is 14.6 Å². The molecule has 3 rings (SSSR count). The number of aromatic carboxylic acids is 1. The van der Waals surface area contributed by atoms with Gasteiger partial charge in [0.25, 0.3) is 0 Å². The summed E-state index contributed by atoms with van der Waals surface area (Å²) in [5.74, 6) is -1.12. The van der Waals surface area contributed by atoms with E-state index in [0.29, 0.717) is 11.3 Å². The standard InChI is InChI=1S/C14H10ClN3O2/c1-8-3-2-4-9(5-8)10-7-13-16-11(14(19)20)6-12(15)18(13)17-10/h2-7H,1H3,(H,19,20). The number of halogens is 1. The van der Waals surface area contributed by atoms with Crippen LogP contribution in [-0.4, -0.2) is 25.7 Å². The van der Waals surface area contributed by atoms with Crippen LogP contribution >= 0.6 is 11.6 Å². The summed E-state index contributed by atoms with van der Waals surface area (Å²) >= 11 is 6.04. The molecule has 0 aliphatic carbocycles. The maximum atomic E-state index is 11.0. The molecular weight excluding hydrogens is 278 g/mol. The quantitative estimate of drug-likeness (QED) is 0.736. The van der Waals surface area contributed by atoms with Gasteiger partial charge in [-0.25, -0.2) is 14.3 Å². The molecule has 0 aliphatic heterocycles. The Kier molecular flexibility index (Phi) is 2.91. The highest BCUT2D eigenvalue weighted by molar-refractivity contribution is 6.30. The molecular formula is C14H10ClN3O2. The van der Waals surface area contributed by atoms with E-state index in [1.165, 1.54) is 10.6 Å². The molecule has 20 heavy (non-hydrogen) atoms. The third-order valence-corrected chi connectivity index (χ3v) is 3.19. The van der Waals surface area contributed by atoms with Gasteiger partial charge in [-0.05, 0) is 13.0 Å². The highest BCUT2D eigenvalue weighted by Crippen LogP contribution is 2.22. The number of carboxylic acid groups (broad SMARTS) is 1. The fourth-order valence-corrected chi connectivity index (χ4v) is 2.22. The summed E-state index contributed by atoms with van der Waals surface area (Å²) in [5, 5.41) is 13.5. The lowest BCUT2D eigenvalue weighted by atomic mass is 10.1. The summed E-state index contributed by atoms with van der Waals surface area (Å²) in [5.41, 5.74) is 3.06. The molecule has 0 radical (unpaired) electrons. The summed E-state index contributed by atoms with van der Waals surface area (Å²) in [6.45, 7) is 1.99. The molecule has 1 N–H and O–H groups in total. The normalized spacial score (nSPS) is 10.9. The molecule has 5 nitrogen and oxygen atoms in total. The second-order valence-corrected chi connectivity index (χ2v) is 4.83. The first-order chi connectivity index (χ1) is 9.54. The summed E-state index contributed by atoms with van der Waals surface area (Å²) in [6, 6.07) is 10.9. The molecule has 1 aromatic carbocycles. The van der Waals surface area contributed by atoms with E-state index in [4.69, 9.17) is 16.7 Å². The Morgan fingerprint density at radius 3 is 2.80 bits per heavy atom. The van der Waals surface area contributed by atoms with Crippen molar-refractivity contribution < 1.29 is 9.90 Å². The molecule has 0 saturated carbocycles. The van der Waals surface area contributed by atoms with E-state index < -0.39 is 5.97 Å². The van der Waals surface area contributed by atoms with Crippen molar-refractivity contribution in [2.24, 2.45) is 0 Å². The van der Waals surface area contributed by atoms with Gasteiger partial charge in [0, 0.05) is 17.7 Å². The third kappa shape index (κ3) is 2.12. The Bertz CT molecular complexity index is 826. The maximum Gasteiger partial charge on any atom is 0.354 e. The van der Waals surface area contributed by atoms with Crippen LogP contribution in [0.4, 0.5) is 0 Å². The lowest BCUT2D eigenvalue weighted by molar-refractivity contribution is 0.0690. The molecule has 2 aromatic heterocycles. The van der Waals surface area contributed by atoms with Gasteiger partial charge in [0.05, 0.1) is 5.69 Å². The second-order valence-electron chi connectivity index (χ2n) is 4.44. The molecule has 100 valence electrons. The number of fused-ring (bicyclic) bond motifs is 1. The van der Waals surface area contributed by atoms with Crippen LogP contribution in [0, 0.1) is 6.92 Å². The van der Waals surface area contributed by atoms with Gasteiger partial charge in [-0.1, -0.05) is 35.4 Å². The van der Waals surface area contributed by atoms with Crippen molar-refractivity contribution in [2.45, 2.75) is 6.92 Å². The minimum atomic E-state index is -1.12. The van der Waals surface area contributed by atoms with Gasteiger partial charge in [0.15, 0.2) is 11.3 Å². The molecule has 0 unspecified atom stereocenters. The molecule has 3 aromatic rings. The van der Waals surface area contributed by atoms with E-state index in [0.717, 1.165) is 11.1 Å². The summed E-state index contributed by atoms with van der Waals surface area (Å²) in [4.78, 5) is 15.0. The van der Waals surface area contributed by atoms with Crippen LogP contribution in [0.1, 0.15) is 16.1 Å². The first-order valence-corrected chi connectivity index (χ1v) is 6.29. The van der Waals surface area contributed by atoms with Crippen molar-refractivity contribution in [3.8, 4) is 11.3 Å². The number of carboxylic acids is 1. The van der Waals surface area contributed by atoms with Gasteiger partial charge < -0.3 is 5.11 Å². The lowest BCUT2D eigenvalue weighted by Gasteiger charge is -1.98. The topological polar surface area (TPSA) is 67.5 Å². The van der Waals surface area contributed by atoms with Crippen molar-refractivity contribution in [3.05, 3.63) is 52.8 Å². The van der Waals surface area contributed by atoms with Gasteiger partial charge in [0.2, 0.25) is 0 Å². The van der Waals surface area contributed by atoms with E-state index in [1.807, 2.05) is 31.2 Å². The maximum absolute atomic E-state index is 11.0. The Morgan fingerprint density at radius 2 is 2.10 bits per heavy atom.